The van der Waals surface area contributed by atoms with E-state index in [-0.39, 0.29) is 5.91 Å². The van der Waals surface area contributed by atoms with Gasteiger partial charge in [-0.2, -0.15) is 5.10 Å². The molecule has 5 heteroatoms. The molecule has 0 bridgehead atoms. The Morgan fingerprint density at radius 1 is 1.27 bits per heavy atom. The van der Waals surface area contributed by atoms with Gasteiger partial charge in [0.1, 0.15) is 0 Å². The number of aryl methyl sites for hydroxylation is 1. The molecule has 1 aromatic heterocycles. The van der Waals surface area contributed by atoms with Crippen molar-refractivity contribution in [3.8, 4) is 5.69 Å². The van der Waals surface area contributed by atoms with Gasteiger partial charge in [-0.3, -0.25) is 4.79 Å². The number of carbonyl (C=O) groups excluding carboxylic acids is 1. The third-order valence-electron chi connectivity index (χ3n) is 3.58. The van der Waals surface area contributed by atoms with Gasteiger partial charge in [0.05, 0.1) is 22.1 Å². The molecule has 118 valence electrons. The highest BCUT2D eigenvalue weighted by Crippen LogP contribution is 2.22. The van der Waals surface area contributed by atoms with Crippen molar-refractivity contribution < 1.29 is 4.79 Å². The van der Waals surface area contributed by atoms with Crippen LogP contribution in [0.3, 0.4) is 0 Å². The quantitative estimate of drug-likeness (QED) is 0.908. The smallest absolute Gasteiger partial charge is 0.251 e. The van der Waals surface area contributed by atoms with Gasteiger partial charge in [0.2, 0.25) is 0 Å². The summed E-state index contributed by atoms with van der Waals surface area (Å²) < 4.78 is 1.79. The summed E-state index contributed by atoms with van der Waals surface area (Å²) in [5.74, 6) is 0.539. The Morgan fingerprint density at radius 2 is 1.91 bits per heavy atom. The number of amides is 1. The molecule has 2 rings (SSSR count). The zero-order chi connectivity index (χ0) is 16.3. The van der Waals surface area contributed by atoms with E-state index in [4.69, 9.17) is 11.6 Å². The standard InChI is InChI=1S/C17H22ClN3O/c1-11(2)9-10-19-17(22)14-5-7-15(8-6-14)21-13(4)16(18)12(3)20-21/h5-8,11H,9-10H2,1-4H3,(H,19,22). The predicted molar refractivity (Wildman–Crippen MR) is 89.8 cm³/mol. The molecular weight excluding hydrogens is 298 g/mol. The molecule has 0 aliphatic rings. The average Bonchev–Trinajstić information content (AvgIpc) is 2.74. The number of carbonyl (C=O) groups is 1. The Bertz CT molecular complexity index is 659. The monoisotopic (exact) mass is 319 g/mol. The van der Waals surface area contributed by atoms with Gasteiger partial charge < -0.3 is 5.32 Å². The SMILES string of the molecule is Cc1nn(-c2ccc(C(=O)NCCC(C)C)cc2)c(C)c1Cl. The number of benzene rings is 1. The summed E-state index contributed by atoms with van der Waals surface area (Å²) in [6.07, 6.45) is 0.980. The molecule has 1 amide bonds. The summed E-state index contributed by atoms with van der Waals surface area (Å²) in [6.45, 7) is 8.78. The fourth-order valence-electron chi connectivity index (χ4n) is 2.21. The van der Waals surface area contributed by atoms with Gasteiger partial charge in [0.25, 0.3) is 5.91 Å². The molecular formula is C17H22ClN3O. The second-order valence-electron chi connectivity index (χ2n) is 5.88. The van der Waals surface area contributed by atoms with Gasteiger partial charge >= 0.3 is 0 Å². The predicted octanol–water partition coefficient (Wildman–Crippen LogP) is 3.92. The molecule has 0 radical (unpaired) electrons. The largest absolute Gasteiger partial charge is 0.352 e. The molecule has 22 heavy (non-hydrogen) atoms. The van der Waals surface area contributed by atoms with E-state index in [9.17, 15) is 4.79 Å². The maximum atomic E-state index is 12.0. The summed E-state index contributed by atoms with van der Waals surface area (Å²) >= 11 is 6.17. The minimum atomic E-state index is -0.0430. The first kappa shape index (κ1) is 16.6. The summed E-state index contributed by atoms with van der Waals surface area (Å²) in [4.78, 5) is 12.0. The Morgan fingerprint density at radius 3 is 2.41 bits per heavy atom. The van der Waals surface area contributed by atoms with E-state index in [1.807, 2.05) is 38.1 Å². The number of nitrogens with zero attached hydrogens (tertiary/aromatic N) is 2. The van der Waals surface area contributed by atoms with Crippen molar-refractivity contribution in [3.63, 3.8) is 0 Å². The highest BCUT2D eigenvalue weighted by atomic mass is 35.5. The van der Waals surface area contributed by atoms with E-state index in [1.54, 1.807) is 4.68 Å². The number of hydrogen-bond acceptors (Lipinski definition) is 2. The van der Waals surface area contributed by atoms with Crippen molar-refractivity contribution in [2.75, 3.05) is 6.54 Å². The number of aromatic nitrogens is 2. The van der Waals surface area contributed by atoms with Crippen LogP contribution in [-0.2, 0) is 0 Å². The van der Waals surface area contributed by atoms with Crippen molar-refractivity contribution in [2.24, 2.45) is 5.92 Å². The van der Waals surface area contributed by atoms with Crippen LogP contribution in [0.1, 0.15) is 42.0 Å². The Balaban J connectivity index is 2.10. The van der Waals surface area contributed by atoms with Crippen LogP contribution in [0.15, 0.2) is 24.3 Å². The topological polar surface area (TPSA) is 46.9 Å². The lowest BCUT2D eigenvalue weighted by Crippen LogP contribution is -2.25. The zero-order valence-corrected chi connectivity index (χ0v) is 14.2. The van der Waals surface area contributed by atoms with Gasteiger partial charge in [0, 0.05) is 12.1 Å². The summed E-state index contributed by atoms with van der Waals surface area (Å²) in [6, 6.07) is 7.38. The van der Waals surface area contributed by atoms with E-state index in [0.717, 1.165) is 23.5 Å². The molecule has 4 nitrogen and oxygen atoms in total. The van der Waals surface area contributed by atoms with E-state index < -0.39 is 0 Å². The maximum Gasteiger partial charge on any atom is 0.251 e. The number of hydrogen-bond donors (Lipinski definition) is 1. The summed E-state index contributed by atoms with van der Waals surface area (Å²) in [5, 5.41) is 8.02. The molecule has 0 saturated carbocycles. The number of halogens is 1. The first-order valence-corrected chi connectivity index (χ1v) is 7.88. The Labute approximate surface area is 136 Å². The lowest BCUT2D eigenvalue weighted by atomic mass is 10.1. The molecule has 0 aliphatic carbocycles. The van der Waals surface area contributed by atoms with Crippen molar-refractivity contribution in [1.29, 1.82) is 0 Å². The Hall–Kier alpha value is -1.81. The van der Waals surface area contributed by atoms with Gasteiger partial charge in [-0.1, -0.05) is 25.4 Å². The van der Waals surface area contributed by atoms with E-state index in [1.165, 1.54) is 0 Å². The fraction of sp³-hybridized carbons (Fsp3) is 0.412. The molecule has 2 aromatic rings. The van der Waals surface area contributed by atoms with E-state index >= 15 is 0 Å². The van der Waals surface area contributed by atoms with Crippen LogP contribution in [-0.4, -0.2) is 22.2 Å². The molecule has 0 saturated heterocycles. The molecule has 0 atom stereocenters. The molecule has 1 heterocycles. The van der Waals surface area contributed by atoms with E-state index in [0.29, 0.717) is 23.0 Å². The second-order valence-corrected chi connectivity index (χ2v) is 6.26. The lowest BCUT2D eigenvalue weighted by Gasteiger charge is -2.08. The van der Waals surface area contributed by atoms with Crippen molar-refractivity contribution in [3.05, 3.63) is 46.2 Å². The van der Waals surface area contributed by atoms with Crippen LogP contribution in [0.2, 0.25) is 5.02 Å². The molecule has 1 N–H and O–H groups in total. The summed E-state index contributed by atoms with van der Waals surface area (Å²) in [7, 11) is 0. The van der Waals surface area contributed by atoms with E-state index in [2.05, 4.69) is 24.3 Å². The third-order valence-corrected chi connectivity index (χ3v) is 4.13. The van der Waals surface area contributed by atoms with Gasteiger partial charge in [0.15, 0.2) is 0 Å². The van der Waals surface area contributed by atoms with Crippen LogP contribution >= 0.6 is 11.6 Å². The minimum Gasteiger partial charge on any atom is -0.352 e. The lowest BCUT2D eigenvalue weighted by molar-refractivity contribution is 0.0952. The van der Waals surface area contributed by atoms with Crippen LogP contribution < -0.4 is 5.32 Å². The number of nitrogens with one attached hydrogen (secondary N) is 1. The van der Waals surface area contributed by atoms with Gasteiger partial charge in [-0.15, -0.1) is 0 Å². The molecule has 0 fully saturated rings. The van der Waals surface area contributed by atoms with Gasteiger partial charge in [-0.25, -0.2) is 4.68 Å². The van der Waals surface area contributed by atoms with Gasteiger partial charge in [-0.05, 0) is 50.5 Å². The van der Waals surface area contributed by atoms with Crippen molar-refractivity contribution in [1.82, 2.24) is 15.1 Å². The van der Waals surface area contributed by atoms with Crippen LogP contribution in [0.4, 0.5) is 0 Å². The second kappa shape index (κ2) is 6.97. The first-order chi connectivity index (χ1) is 10.4. The zero-order valence-electron chi connectivity index (χ0n) is 13.5. The van der Waals surface area contributed by atoms with Crippen LogP contribution in [0, 0.1) is 19.8 Å². The third kappa shape index (κ3) is 3.69. The van der Waals surface area contributed by atoms with Crippen molar-refractivity contribution >= 4 is 17.5 Å². The minimum absolute atomic E-state index is 0.0430. The normalized spacial score (nSPS) is 11.0. The molecule has 0 spiro atoms. The first-order valence-electron chi connectivity index (χ1n) is 7.50. The van der Waals surface area contributed by atoms with Crippen LogP contribution in [0.25, 0.3) is 5.69 Å². The van der Waals surface area contributed by atoms with Crippen molar-refractivity contribution in [2.45, 2.75) is 34.1 Å². The average molecular weight is 320 g/mol. The molecule has 0 aliphatic heterocycles. The Kier molecular flexibility index (Phi) is 5.24. The van der Waals surface area contributed by atoms with Crippen LogP contribution in [0.5, 0.6) is 0 Å². The highest BCUT2D eigenvalue weighted by Gasteiger charge is 2.11. The molecule has 0 unspecified atom stereocenters. The maximum absolute atomic E-state index is 12.0. The number of rotatable bonds is 5. The summed E-state index contributed by atoms with van der Waals surface area (Å²) in [5.41, 5.74) is 3.24. The highest BCUT2D eigenvalue weighted by molar-refractivity contribution is 6.31. The molecule has 1 aromatic carbocycles. The fourth-order valence-corrected chi connectivity index (χ4v) is 2.32.